The van der Waals surface area contributed by atoms with Gasteiger partial charge in [0.2, 0.25) is 5.88 Å². The van der Waals surface area contributed by atoms with Crippen molar-refractivity contribution in [2.45, 2.75) is 24.0 Å². The van der Waals surface area contributed by atoms with Crippen molar-refractivity contribution in [1.29, 1.82) is 0 Å². The van der Waals surface area contributed by atoms with E-state index >= 15 is 0 Å². The topological polar surface area (TPSA) is 22.1 Å². The fourth-order valence-corrected chi connectivity index (χ4v) is 2.67. The number of rotatable bonds is 5. The van der Waals surface area contributed by atoms with Crippen LogP contribution in [0.2, 0.25) is 0 Å². The minimum absolute atomic E-state index is 0.716. The molecule has 1 heterocycles. The Balaban J connectivity index is 2.12. The average Bonchev–Trinajstić information content (AvgIpc) is 2.45. The van der Waals surface area contributed by atoms with Crippen LogP contribution in [0.4, 0.5) is 0 Å². The Morgan fingerprint density at radius 1 is 1.17 bits per heavy atom. The van der Waals surface area contributed by atoms with Crippen LogP contribution >= 0.6 is 11.8 Å². The Kier molecular flexibility index (Phi) is 4.65. The molecule has 18 heavy (non-hydrogen) atoms. The van der Waals surface area contributed by atoms with Crippen molar-refractivity contribution in [1.82, 2.24) is 4.98 Å². The molecule has 0 atom stereocenters. The van der Waals surface area contributed by atoms with E-state index in [-0.39, 0.29) is 0 Å². The first-order valence-corrected chi connectivity index (χ1v) is 7.01. The average molecular weight is 259 g/mol. The van der Waals surface area contributed by atoms with Gasteiger partial charge in [-0.1, -0.05) is 37.3 Å². The molecule has 2 rings (SSSR count). The number of methoxy groups -OCH3 is 1. The molecular formula is C15H17NOS. The van der Waals surface area contributed by atoms with E-state index in [2.05, 4.69) is 42.2 Å². The fraction of sp³-hybridized carbons (Fsp3) is 0.267. The zero-order valence-corrected chi connectivity index (χ0v) is 11.5. The summed E-state index contributed by atoms with van der Waals surface area (Å²) in [5.74, 6) is 1.65. The van der Waals surface area contributed by atoms with Gasteiger partial charge in [-0.2, -0.15) is 0 Å². The van der Waals surface area contributed by atoms with Crippen molar-refractivity contribution in [2.75, 3.05) is 7.11 Å². The lowest BCUT2D eigenvalue weighted by molar-refractivity contribution is 0.386. The zero-order chi connectivity index (χ0) is 12.8. The van der Waals surface area contributed by atoms with Crippen LogP contribution in [0.1, 0.15) is 18.1 Å². The molecule has 0 radical (unpaired) electrons. The van der Waals surface area contributed by atoms with Crippen molar-refractivity contribution in [2.24, 2.45) is 0 Å². The first-order chi connectivity index (χ1) is 8.83. The highest BCUT2D eigenvalue weighted by molar-refractivity contribution is 7.98. The van der Waals surface area contributed by atoms with E-state index in [1.54, 1.807) is 18.9 Å². The molecule has 2 nitrogen and oxygen atoms in total. The zero-order valence-electron chi connectivity index (χ0n) is 10.7. The molecule has 0 saturated carbocycles. The lowest BCUT2D eigenvalue weighted by atomic mass is 10.2. The molecule has 0 saturated heterocycles. The Hall–Kier alpha value is -1.48. The van der Waals surface area contributed by atoms with Crippen LogP contribution in [-0.2, 0) is 12.2 Å². The predicted molar refractivity (Wildman–Crippen MR) is 76.2 cm³/mol. The van der Waals surface area contributed by atoms with Crippen molar-refractivity contribution in [3.05, 3.63) is 53.7 Å². The molecule has 0 bridgehead atoms. The Morgan fingerprint density at radius 3 is 2.61 bits per heavy atom. The summed E-state index contributed by atoms with van der Waals surface area (Å²) in [6.45, 7) is 2.13. The van der Waals surface area contributed by atoms with Gasteiger partial charge in [-0.3, -0.25) is 0 Å². The summed E-state index contributed by atoms with van der Waals surface area (Å²) >= 11 is 1.77. The monoisotopic (exact) mass is 259 g/mol. The van der Waals surface area contributed by atoms with Gasteiger partial charge in [0.15, 0.2) is 0 Å². The number of aryl methyl sites for hydroxylation is 1. The third kappa shape index (κ3) is 3.26. The molecule has 0 fully saturated rings. The van der Waals surface area contributed by atoms with Crippen molar-refractivity contribution in [3.63, 3.8) is 0 Å². The largest absolute Gasteiger partial charge is 0.480 e. The van der Waals surface area contributed by atoms with Gasteiger partial charge in [-0.15, -0.1) is 11.8 Å². The molecular weight excluding hydrogens is 242 g/mol. The Labute approximate surface area is 112 Å². The minimum Gasteiger partial charge on any atom is -0.480 e. The molecule has 0 amide bonds. The molecule has 0 unspecified atom stereocenters. The Bertz CT molecular complexity index is 499. The molecule has 2 aromatic rings. The molecule has 0 aliphatic carbocycles. The first kappa shape index (κ1) is 13.0. The van der Waals surface area contributed by atoms with Crippen LogP contribution in [0.3, 0.4) is 0 Å². The number of pyridine rings is 1. The lowest BCUT2D eigenvalue weighted by Gasteiger charge is -2.08. The van der Waals surface area contributed by atoms with Gasteiger partial charge in [-0.25, -0.2) is 4.98 Å². The number of thioether (sulfide) groups is 1. The molecule has 1 aromatic heterocycles. The van der Waals surface area contributed by atoms with Crippen LogP contribution in [0.25, 0.3) is 0 Å². The van der Waals surface area contributed by atoms with Crippen LogP contribution in [-0.4, -0.2) is 12.1 Å². The summed E-state index contributed by atoms with van der Waals surface area (Å²) in [5, 5.41) is 0. The number of hydrogen-bond donors (Lipinski definition) is 0. The fourth-order valence-electron chi connectivity index (χ4n) is 1.66. The highest BCUT2D eigenvalue weighted by atomic mass is 32.2. The summed E-state index contributed by atoms with van der Waals surface area (Å²) in [6, 6.07) is 12.6. The highest BCUT2D eigenvalue weighted by Gasteiger charge is 2.06. The lowest BCUT2D eigenvalue weighted by Crippen LogP contribution is -1.93. The van der Waals surface area contributed by atoms with Crippen LogP contribution in [0, 0.1) is 0 Å². The smallest absolute Gasteiger partial charge is 0.227 e. The summed E-state index contributed by atoms with van der Waals surface area (Å²) in [6.07, 6.45) is 2.88. The van der Waals surface area contributed by atoms with Gasteiger partial charge in [-0.05, 0) is 23.6 Å². The van der Waals surface area contributed by atoms with Crippen LogP contribution in [0.5, 0.6) is 5.88 Å². The maximum Gasteiger partial charge on any atom is 0.227 e. The SMILES string of the molecule is CCc1cnc(OC)c(SCc2ccccc2)c1. The van der Waals surface area contributed by atoms with Crippen molar-refractivity contribution >= 4 is 11.8 Å². The maximum atomic E-state index is 5.30. The Morgan fingerprint density at radius 2 is 1.94 bits per heavy atom. The summed E-state index contributed by atoms with van der Waals surface area (Å²) in [5.41, 5.74) is 2.55. The van der Waals surface area contributed by atoms with Gasteiger partial charge in [0.05, 0.1) is 12.0 Å². The van der Waals surface area contributed by atoms with E-state index in [4.69, 9.17) is 4.74 Å². The van der Waals surface area contributed by atoms with E-state index in [1.165, 1.54) is 11.1 Å². The van der Waals surface area contributed by atoms with Gasteiger partial charge >= 0.3 is 0 Å². The second-order valence-electron chi connectivity index (χ2n) is 3.98. The summed E-state index contributed by atoms with van der Waals surface area (Å²) in [4.78, 5) is 5.45. The third-order valence-electron chi connectivity index (χ3n) is 2.71. The standard InChI is InChI=1S/C15H17NOS/c1-3-12-9-14(15(17-2)16-10-12)18-11-13-7-5-4-6-8-13/h4-10H,3,11H2,1-2H3. The van der Waals surface area contributed by atoms with Crippen molar-refractivity contribution in [3.8, 4) is 5.88 Å². The summed E-state index contributed by atoms with van der Waals surface area (Å²) in [7, 11) is 1.67. The van der Waals surface area contributed by atoms with Crippen LogP contribution in [0.15, 0.2) is 47.5 Å². The normalized spacial score (nSPS) is 10.3. The van der Waals surface area contributed by atoms with E-state index in [0.29, 0.717) is 5.88 Å². The quantitative estimate of drug-likeness (QED) is 0.759. The van der Waals surface area contributed by atoms with Gasteiger partial charge in [0, 0.05) is 11.9 Å². The minimum atomic E-state index is 0.716. The molecule has 1 aromatic carbocycles. The van der Waals surface area contributed by atoms with E-state index in [9.17, 15) is 0 Å². The second-order valence-corrected chi connectivity index (χ2v) is 5.00. The number of hydrogen-bond acceptors (Lipinski definition) is 3. The van der Waals surface area contributed by atoms with Crippen molar-refractivity contribution < 1.29 is 4.74 Å². The number of ether oxygens (including phenoxy) is 1. The van der Waals surface area contributed by atoms with Gasteiger partial charge < -0.3 is 4.74 Å². The maximum absolute atomic E-state index is 5.30. The van der Waals surface area contributed by atoms with Crippen LogP contribution < -0.4 is 4.74 Å². The van der Waals surface area contributed by atoms with Gasteiger partial charge in [0.1, 0.15) is 0 Å². The van der Waals surface area contributed by atoms with E-state index in [0.717, 1.165) is 17.1 Å². The molecule has 0 aliphatic heterocycles. The van der Waals surface area contributed by atoms with Gasteiger partial charge in [0.25, 0.3) is 0 Å². The van der Waals surface area contributed by atoms with E-state index < -0.39 is 0 Å². The molecule has 0 aliphatic rings. The number of benzene rings is 1. The molecule has 0 N–H and O–H groups in total. The summed E-state index contributed by atoms with van der Waals surface area (Å²) < 4.78 is 5.30. The molecule has 0 spiro atoms. The number of aromatic nitrogens is 1. The first-order valence-electron chi connectivity index (χ1n) is 6.03. The molecule has 3 heteroatoms. The third-order valence-corrected chi connectivity index (χ3v) is 3.79. The molecule has 94 valence electrons. The number of nitrogens with zero attached hydrogens (tertiary/aromatic N) is 1. The highest BCUT2D eigenvalue weighted by Crippen LogP contribution is 2.30. The predicted octanol–water partition coefficient (Wildman–Crippen LogP) is 3.94. The second kappa shape index (κ2) is 6.45. The van der Waals surface area contributed by atoms with E-state index in [1.807, 2.05) is 12.3 Å².